The zero-order valence-corrected chi connectivity index (χ0v) is 21.7. The van der Waals surface area contributed by atoms with Crippen LogP contribution in [0.3, 0.4) is 0 Å². The Morgan fingerprint density at radius 3 is 2.46 bits per heavy atom. The second-order valence-electron chi connectivity index (χ2n) is 8.90. The second-order valence-corrected chi connectivity index (χ2v) is 9.93. The maximum Gasteiger partial charge on any atom is 0.325 e. The van der Waals surface area contributed by atoms with Crippen molar-refractivity contribution in [3.8, 4) is 16.9 Å². The number of hydrogen-bond acceptors (Lipinski definition) is 6. The number of hydrogen-bond donors (Lipinski definition) is 2. The number of aromatic nitrogens is 3. The molecule has 0 aliphatic rings. The summed E-state index contributed by atoms with van der Waals surface area (Å²) in [6.07, 6.45) is 1.60. The lowest BCUT2D eigenvalue weighted by Gasteiger charge is -2.08. The topological polar surface area (TPSA) is 98.1 Å². The number of carbonyl (C=O) groups is 1. The largest absolute Gasteiger partial charge is 0.497 e. The van der Waals surface area contributed by atoms with Gasteiger partial charge in [-0.3, -0.25) is 14.7 Å². The number of urea groups is 1. The summed E-state index contributed by atoms with van der Waals surface area (Å²) in [5.41, 5.74) is 4.80. The average Bonchev–Trinajstić information content (AvgIpc) is 3.36. The van der Waals surface area contributed by atoms with E-state index in [-0.39, 0.29) is 11.6 Å². The third-order valence-electron chi connectivity index (χ3n) is 6.31. The Hall–Kier alpha value is -5.02. The van der Waals surface area contributed by atoms with E-state index in [1.807, 2.05) is 66.7 Å². The van der Waals surface area contributed by atoms with Crippen LogP contribution in [0.4, 0.5) is 15.6 Å². The highest BCUT2D eigenvalue weighted by molar-refractivity contribution is 7.22. The standard InChI is InChI=1S/C30H23N5O3S/c1-38-23-11-9-22(10-12-23)32-29(37)34-30-33-26-16-21(8-14-27(26)39-30)20-7-13-25-24(15-20)28(36)35(18-31-25)17-19-5-3-2-4-6-19/h2-16,18H,17H2,1H3,(H2,32,33,34,37). The van der Waals surface area contributed by atoms with Crippen LogP contribution in [0.2, 0.25) is 0 Å². The number of anilines is 2. The van der Waals surface area contributed by atoms with Gasteiger partial charge in [0.05, 0.1) is 41.1 Å². The Morgan fingerprint density at radius 1 is 0.897 bits per heavy atom. The molecule has 0 radical (unpaired) electrons. The normalized spacial score (nSPS) is 11.0. The van der Waals surface area contributed by atoms with E-state index >= 15 is 0 Å². The van der Waals surface area contributed by atoms with E-state index < -0.39 is 0 Å². The first-order chi connectivity index (χ1) is 19.1. The molecule has 0 aliphatic carbocycles. The van der Waals surface area contributed by atoms with Gasteiger partial charge in [0.1, 0.15) is 5.75 Å². The minimum absolute atomic E-state index is 0.0881. The van der Waals surface area contributed by atoms with Crippen molar-refractivity contribution >= 4 is 49.3 Å². The number of methoxy groups -OCH3 is 1. The van der Waals surface area contributed by atoms with E-state index in [1.165, 1.54) is 11.3 Å². The number of carbonyl (C=O) groups excluding carboxylic acids is 1. The molecule has 0 saturated heterocycles. The quantitative estimate of drug-likeness (QED) is 0.259. The van der Waals surface area contributed by atoms with Crippen LogP contribution in [0.5, 0.6) is 5.75 Å². The third kappa shape index (κ3) is 5.21. The first-order valence-corrected chi connectivity index (χ1v) is 13.0. The zero-order chi connectivity index (χ0) is 26.8. The lowest BCUT2D eigenvalue weighted by Crippen LogP contribution is -2.21. The molecule has 0 aliphatic heterocycles. The summed E-state index contributed by atoms with van der Waals surface area (Å²) in [5.74, 6) is 0.712. The van der Waals surface area contributed by atoms with Crippen molar-refractivity contribution in [1.29, 1.82) is 0 Å². The molecular weight excluding hydrogens is 510 g/mol. The summed E-state index contributed by atoms with van der Waals surface area (Å²) >= 11 is 1.39. The van der Waals surface area contributed by atoms with Crippen LogP contribution in [-0.4, -0.2) is 27.7 Å². The number of nitrogens with zero attached hydrogens (tertiary/aromatic N) is 3. The minimum atomic E-state index is -0.381. The van der Waals surface area contributed by atoms with Gasteiger partial charge < -0.3 is 10.1 Å². The highest BCUT2D eigenvalue weighted by Gasteiger charge is 2.11. The maximum atomic E-state index is 13.3. The van der Waals surface area contributed by atoms with E-state index in [0.717, 1.165) is 26.9 Å². The van der Waals surface area contributed by atoms with Gasteiger partial charge in [-0.25, -0.2) is 14.8 Å². The molecule has 2 aromatic heterocycles. The lowest BCUT2D eigenvalue weighted by atomic mass is 10.0. The Morgan fingerprint density at radius 2 is 1.67 bits per heavy atom. The third-order valence-corrected chi connectivity index (χ3v) is 7.26. The highest BCUT2D eigenvalue weighted by Crippen LogP contribution is 2.31. The molecule has 8 nitrogen and oxygen atoms in total. The molecule has 2 N–H and O–H groups in total. The van der Waals surface area contributed by atoms with E-state index in [0.29, 0.717) is 34.0 Å². The molecule has 6 rings (SSSR count). The predicted molar refractivity (Wildman–Crippen MR) is 156 cm³/mol. The van der Waals surface area contributed by atoms with Crippen LogP contribution in [0.15, 0.2) is 102 Å². The number of thiazole rings is 1. The molecule has 0 unspecified atom stereocenters. The van der Waals surface area contributed by atoms with Gasteiger partial charge >= 0.3 is 6.03 Å². The van der Waals surface area contributed by atoms with Gasteiger partial charge in [-0.1, -0.05) is 53.8 Å². The molecule has 192 valence electrons. The summed E-state index contributed by atoms with van der Waals surface area (Å²) in [6, 6.07) is 28.1. The van der Waals surface area contributed by atoms with Gasteiger partial charge in [-0.2, -0.15) is 0 Å². The Bertz CT molecular complexity index is 1860. The van der Waals surface area contributed by atoms with Crippen molar-refractivity contribution in [2.24, 2.45) is 0 Å². The number of nitrogens with one attached hydrogen (secondary N) is 2. The summed E-state index contributed by atoms with van der Waals surface area (Å²) in [4.78, 5) is 34.8. The number of rotatable bonds is 6. The number of ether oxygens (including phenoxy) is 1. The SMILES string of the molecule is COc1ccc(NC(=O)Nc2nc3cc(-c4ccc5ncn(Cc6ccccc6)c(=O)c5c4)ccc3s2)cc1. The molecule has 2 heterocycles. The fourth-order valence-corrected chi connectivity index (χ4v) is 5.17. The molecule has 0 fully saturated rings. The first kappa shape index (κ1) is 24.3. The van der Waals surface area contributed by atoms with Gasteiger partial charge in [0, 0.05) is 5.69 Å². The molecule has 0 spiro atoms. The molecule has 4 aromatic carbocycles. The van der Waals surface area contributed by atoms with Crippen molar-refractivity contribution in [2.45, 2.75) is 6.54 Å². The predicted octanol–water partition coefficient (Wildman–Crippen LogP) is 6.37. The molecule has 6 aromatic rings. The summed E-state index contributed by atoms with van der Waals surface area (Å²) in [7, 11) is 1.59. The molecule has 39 heavy (non-hydrogen) atoms. The molecular formula is C30H23N5O3S. The number of amides is 2. The zero-order valence-electron chi connectivity index (χ0n) is 20.9. The van der Waals surface area contributed by atoms with Crippen molar-refractivity contribution in [1.82, 2.24) is 14.5 Å². The van der Waals surface area contributed by atoms with E-state index in [2.05, 4.69) is 20.6 Å². The molecule has 2 amide bonds. The first-order valence-electron chi connectivity index (χ1n) is 12.2. The van der Waals surface area contributed by atoms with E-state index in [9.17, 15) is 9.59 Å². The molecule has 9 heteroatoms. The summed E-state index contributed by atoms with van der Waals surface area (Å²) in [6.45, 7) is 0.458. The van der Waals surface area contributed by atoms with E-state index in [1.54, 1.807) is 42.3 Å². The number of benzene rings is 4. The summed E-state index contributed by atoms with van der Waals surface area (Å²) in [5, 5.41) is 6.63. The Balaban J connectivity index is 1.24. The minimum Gasteiger partial charge on any atom is -0.497 e. The molecule has 0 saturated carbocycles. The van der Waals surface area contributed by atoms with Gasteiger partial charge in [0.15, 0.2) is 5.13 Å². The van der Waals surface area contributed by atoms with Gasteiger partial charge in [-0.15, -0.1) is 0 Å². The second kappa shape index (κ2) is 10.4. The van der Waals surface area contributed by atoms with Crippen molar-refractivity contribution in [3.05, 3.63) is 113 Å². The number of fused-ring (bicyclic) bond motifs is 2. The maximum absolute atomic E-state index is 13.3. The van der Waals surface area contributed by atoms with Crippen molar-refractivity contribution in [3.63, 3.8) is 0 Å². The van der Waals surface area contributed by atoms with Crippen LogP contribution in [-0.2, 0) is 6.54 Å². The smallest absolute Gasteiger partial charge is 0.325 e. The average molecular weight is 534 g/mol. The van der Waals surface area contributed by atoms with Crippen LogP contribution in [0.1, 0.15) is 5.56 Å². The van der Waals surface area contributed by atoms with Crippen LogP contribution >= 0.6 is 11.3 Å². The lowest BCUT2D eigenvalue weighted by molar-refractivity contribution is 0.262. The fourth-order valence-electron chi connectivity index (χ4n) is 4.33. The molecule has 0 atom stereocenters. The molecule has 0 bridgehead atoms. The van der Waals surface area contributed by atoms with Gasteiger partial charge in [-0.05, 0) is 65.2 Å². The van der Waals surface area contributed by atoms with Crippen molar-refractivity contribution < 1.29 is 9.53 Å². The van der Waals surface area contributed by atoms with Gasteiger partial charge in [0.25, 0.3) is 5.56 Å². The highest BCUT2D eigenvalue weighted by atomic mass is 32.1. The monoisotopic (exact) mass is 533 g/mol. The van der Waals surface area contributed by atoms with Crippen LogP contribution in [0.25, 0.3) is 32.2 Å². The fraction of sp³-hybridized carbons (Fsp3) is 0.0667. The van der Waals surface area contributed by atoms with Gasteiger partial charge in [0.2, 0.25) is 0 Å². The van der Waals surface area contributed by atoms with Crippen LogP contribution in [0, 0.1) is 0 Å². The Kier molecular flexibility index (Phi) is 6.48. The van der Waals surface area contributed by atoms with Crippen LogP contribution < -0.4 is 20.9 Å². The Labute approximate surface area is 227 Å². The van der Waals surface area contributed by atoms with Crippen molar-refractivity contribution in [2.75, 3.05) is 17.7 Å². The summed E-state index contributed by atoms with van der Waals surface area (Å²) < 4.78 is 7.70. The van der Waals surface area contributed by atoms with E-state index in [4.69, 9.17) is 4.74 Å².